The Morgan fingerprint density at radius 2 is 1.84 bits per heavy atom. The Labute approximate surface area is 220 Å². The molecule has 2 aromatic heterocycles. The number of anilines is 1. The Kier molecular flexibility index (Phi) is 7.43. The number of nitrogens with zero attached hydrogens (tertiary/aromatic N) is 4. The van der Waals surface area contributed by atoms with E-state index in [0.717, 1.165) is 10.8 Å². The Bertz CT molecular complexity index is 1550. The van der Waals surface area contributed by atoms with E-state index in [-0.39, 0.29) is 24.1 Å². The summed E-state index contributed by atoms with van der Waals surface area (Å²) < 4.78 is 7.35. The van der Waals surface area contributed by atoms with E-state index in [9.17, 15) is 9.59 Å². The van der Waals surface area contributed by atoms with Crippen molar-refractivity contribution < 1.29 is 14.3 Å². The molecule has 0 aliphatic carbocycles. The van der Waals surface area contributed by atoms with Gasteiger partial charge in [0.1, 0.15) is 5.75 Å². The molecule has 0 saturated carbocycles. The van der Waals surface area contributed by atoms with E-state index in [1.165, 1.54) is 23.1 Å². The normalized spacial score (nSPS) is 10.8. The molecule has 2 heterocycles. The van der Waals surface area contributed by atoms with E-state index >= 15 is 0 Å². The molecule has 0 saturated heterocycles. The van der Waals surface area contributed by atoms with Crippen LogP contribution in [0.15, 0.2) is 83.5 Å². The fourth-order valence-electron chi connectivity index (χ4n) is 3.81. The van der Waals surface area contributed by atoms with Crippen LogP contribution in [0.1, 0.15) is 16.2 Å². The van der Waals surface area contributed by atoms with Gasteiger partial charge < -0.3 is 15.4 Å². The standard InChI is InChI=1S/C26H22N6O3S2/c1-35-21-12-5-4-11-20(21)32-22(30-31-26(32)37-16-23(33)29-25-27-13-14-36-25)15-28-24(34)19-10-6-8-17-7-2-3-9-18(17)19/h2-14H,15-16H2,1H3,(H,28,34)(H,27,29,33). The third-order valence-corrected chi connectivity index (χ3v) is 7.10. The summed E-state index contributed by atoms with van der Waals surface area (Å²) in [5.74, 6) is 0.789. The van der Waals surface area contributed by atoms with E-state index in [0.29, 0.717) is 33.1 Å². The number of benzene rings is 3. The van der Waals surface area contributed by atoms with Gasteiger partial charge in [0.15, 0.2) is 16.1 Å². The molecule has 37 heavy (non-hydrogen) atoms. The Balaban J connectivity index is 1.39. The van der Waals surface area contributed by atoms with Crippen LogP contribution in [0.5, 0.6) is 5.75 Å². The molecular formula is C26H22N6O3S2. The number of thiazole rings is 1. The van der Waals surface area contributed by atoms with Crippen molar-refractivity contribution in [3.8, 4) is 11.4 Å². The average Bonchev–Trinajstić information content (AvgIpc) is 3.60. The summed E-state index contributed by atoms with van der Waals surface area (Å²) in [4.78, 5) is 29.6. The van der Waals surface area contributed by atoms with Gasteiger partial charge in [0.2, 0.25) is 5.91 Å². The van der Waals surface area contributed by atoms with Crippen LogP contribution in [0.2, 0.25) is 0 Å². The number of para-hydroxylation sites is 2. The highest BCUT2D eigenvalue weighted by molar-refractivity contribution is 7.99. The molecule has 9 nitrogen and oxygen atoms in total. The van der Waals surface area contributed by atoms with Crippen molar-refractivity contribution in [2.75, 3.05) is 18.2 Å². The molecule has 5 aromatic rings. The number of methoxy groups -OCH3 is 1. The van der Waals surface area contributed by atoms with Gasteiger partial charge in [-0.05, 0) is 29.0 Å². The predicted octanol–water partition coefficient (Wildman–Crippen LogP) is 4.55. The first-order valence-corrected chi connectivity index (χ1v) is 13.2. The summed E-state index contributed by atoms with van der Waals surface area (Å²) in [7, 11) is 1.58. The quantitative estimate of drug-likeness (QED) is 0.269. The number of ether oxygens (including phenoxy) is 1. The molecule has 0 aliphatic rings. The van der Waals surface area contributed by atoms with Crippen molar-refractivity contribution in [2.45, 2.75) is 11.7 Å². The van der Waals surface area contributed by atoms with Gasteiger partial charge in [-0.25, -0.2) is 4.98 Å². The van der Waals surface area contributed by atoms with Crippen molar-refractivity contribution in [3.05, 3.63) is 89.7 Å². The number of hydrogen-bond donors (Lipinski definition) is 2. The number of thioether (sulfide) groups is 1. The molecule has 0 unspecified atom stereocenters. The number of rotatable bonds is 9. The van der Waals surface area contributed by atoms with Crippen molar-refractivity contribution >= 4 is 50.8 Å². The highest BCUT2D eigenvalue weighted by Crippen LogP contribution is 2.29. The third kappa shape index (κ3) is 5.47. The molecule has 0 fully saturated rings. The Hall–Kier alpha value is -4.22. The fourth-order valence-corrected chi connectivity index (χ4v) is 5.12. The van der Waals surface area contributed by atoms with Crippen LogP contribution in [-0.4, -0.2) is 44.4 Å². The van der Waals surface area contributed by atoms with Crippen molar-refractivity contribution in [3.63, 3.8) is 0 Å². The van der Waals surface area contributed by atoms with Gasteiger partial charge in [-0.15, -0.1) is 21.5 Å². The molecule has 186 valence electrons. The number of amides is 2. The van der Waals surface area contributed by atoms with E-state index in [1.807, 2.05) is 60.7 Å². The fraction of sp³-hybridized carbons (Fsp3) is 0.115. The van der Waals surface area contributed by atoms with E-state index in [1.54, 1.807) is 29.3 Å². The smallest absolute Gasteiger partial charge is 0.252 e. The minimum atomic E-state index is -0.219. The lowest BCUT2D eigenvalue weighted by Gasteiger charge is -2.14. The summed E-state index contributed by atoms with van der Waals surface area (Å²) in [6.07, 6.45) is 1.63. The molecule has 2 N–H and O–H groups in total. The zero-order chi connectivity index (χ0) is 25.6. The van der Waals surface area contributed by atoms with E-state index < -0.39 is 0 Å². The van der Waals surface area contributed by atoms with Crippen LogP contribution in [-0.2, 0) is 11.3 Å². The van der Waals surface area contributed by atoms with Crippen LogP contribution in [0.25, 0.3) is 16.5 Å². The minimum Gasteiger partial charge on any atom is -0.495 e. The Morgan fingerprint density at radius 3 is 2.68 bits per heavy atom. The molecular weight excluding hydrogens is 508 g/mol. The van der Waals surface area contributed by atoms with Gasteiger partial charge in [-0.2, -0.15) is 0 Å². The van der Waals surface area contributed by atoms with Gasteiger partial charge in [-0.3, -0.25) is 14.2 Å². The first kappa shape index (κ1) is 24.5. The number of nitrogens with one attached hydrogen (secondary N) is 2. The maximum absolute atomic E-state index is 13.1. The lowest BCUT2D eigenvalue weighted by Crippen LogP contribution is -2.25. The highest BCUT2D eigenvalue weighted by Gasteiger charge is 2.20. The lowest BCUT2D eigenvalue weighted by atomic mass is 10.0. The van der Waals surface area contributed by atoms with Gasteiger partial charge in [-0.1, -0.05) is 60.3 Å². The van der Waals surface area contributed by atoms with Crippen LogP contribution < -0.4 is 15.4 Å². The monoisotopic (exact) mass is 530 g/mol. The van der Waals surface area contributed by atoms with Crippen molar-refractivity contribution in [1.29, 1.82) is 0 Å². The number of fused-ring (bicyclic) bond motifs is 1. The van der Waals surface area contributed by atoms with Gasteiger partial charge in [0, 0.05) is 17.1 Å². The maximum Gasteiger partial charge on any atom is 0.252 e. The average molecular weight is 531 g/mol. The first-order chi connectivity index (χ1) is 18.1. The van der Waals surface area contributed by atoms with Crippen LogP contribution >= 0.6 is 23.1 Å². The third-order valence-electron chi connectivity index (χ3n) is 5.48. The van der Waals surface area contributed by atoms with E-state index in [4.69, 9.17) is 4.74 Å². The first-order valence-electron chi connectivity index (χ1n) is 11.3. The summed E-state index contributed by atoms with van der Waals surface area (Å²) in [6.45, 7) is 0.124. The second-order valence-electron chi connectivity index (χ2n) is 7.79. The van der Waals surface area contributed by atoms with Gasteiger partial charge in [0.25, 0.3) is 5.91 Å². The molecule has 0 spiro atoms. The zero-order valence-electron chi connectivity index (χ0n) is 19.7. The molecule has 2 amide bonds. The summed E-state index contributed by atoms with van der Waals surface area (Å²) in [6, 6.07) is 20.8. The topological polar surface area (TPSA) is 111 Å². The number of carbonyl (C=O) groups is 2. The second kappa shape index (κ2) is 11.2. The lowest BCUT2D eigenvalue weighted by molar-refractivity contribution is -0.113. The van der Waals surface area contributed by atoms with Crippen molar-refractivity contribution in [1.82, 2.24) is 25.1 Å². The molecule has 0 atom stereocenters. The molecule has 3 aromatic carbocycles. The molecule has 0 bridgehead atoms. The van der Waals surface area contributed by atoms with E-state index in [2.05, 4.69) is 25.8 Å². The van der Waals surface area contributed by atoms with Crippen molar-refractivity contribution in [2.24, 2.45) is 0 Å². The van der Waals surface area contributed by atoms with Gasteiger partial charge in [0.05, 0.1) is 25.1 Å². The summed E-state index contributed by atoms with van der Waals surface area (Å²) in [5, 5.41) is 19.1. The summed E-state index contributed by atoms with van der Waals surface area (Å²) in [5.41, 5.74) is 1.28. The summed E-state index contributed by atoms with van der Waals surface area (Å²) >= 11 is 2.58. The molecule has 5 rings (SSSR count). The number of hydrogen-bond acceptors (Lipinski definition) is 8. The maximum atomic E-state index is 13.1. The molecule has 11 heteroatoms. The van der Waals surface area contributed by atoms with Crippen LogP contribution in [0.4, 0.5) is 5.13 Å². The van der Waals surface area contributed by atoms with Crippen LogP contribution in [0, 0.1) is 0 Å². The Morgan fingerprint density at radius 1 is 1.03 bits per heavy atom. The highest BCUT2D eigenvalue weighted by atomic mass is 32.2. The minimum absolute atomic E-state index is 0.106. The van der Waals surface area contributed by atoms with Crippen LogP contribution in [0.3, 0.4) is 0 Å². The number of aromatic nitrogens is 4. The SMILES string of the molecule is COc1ccccc1-n1c(CNC(=O)c2cccc3ccccc23)nnc1SCC(=O)Nc1nccs1. The molecule has 0 aliphatic heterocycles. The zero-order valence-corrected chi connectivity index (χ0v) is 21.4. The second-order valence-corrected chi connectivity index (χ2v) is 9.63. The largest absolute Gasteiger partial charge is 0.495 e. The molecule has 0 radical (unpaired) electrons. The number of carbonyl (C=O) groups excluding carboxylic acids is 2. The van der Waals surface area contributed by atoms with Gasteiger partial charge >= 0.3 is 0 Å². The predicted molar refractivity (Wildman–Crippen MR) is 144 cm³/mol.